The third-order valence-corrected chi connectivity index (χ3v) is 4.34. The van der Waals surface area contributed by atoms with Gasteiger partial charge in [-0.2, -0.15) is 5.10 Å². The molecule has 0 saturated carbocycles. The minimum atomic E-state index is -3.79. The molecule has 1 aromatic heterocycles. The number of sulfonamides is 1. The van der Waals surface area contributed by atoms with E-state index in [4.69, 9.17) is 16.7 Å². The van der Waals surface area contributed by atoms with E-state index in [1.165, 1.54) is 35.3 Å². The van der Waals surface area contributed by atoms with Gasteiger partial charge in [0.2, 0.25) is 0 Å². The van der Waals surface area contributed by atoms with Gasteiger partial charge in [-0.05, 0) is 25.1 Å². The fraction of sp³-hybridized carbons (Fsp3) is 0.167. The summed E-state index contributed by atoms with van der Waals surface area (Å²) in [5.74, 6) is -1.18. The predicted octanol–water partition coefficient (Wildman–Crippen LogP) is 2.06. The molecule has 0 saturated heterocycles. The summed E-state index contributed by atoms with van der Waals surface area (Å²) >= 11 is 5.79. The molecule has 21 heavy (non-hydrogen) atoms. The van der Waals surface area contributed by atoms with Crippen LogP contribution in [0.15, 0.2) is 35.5 Å². The molecule has 0 atom stereocenters. The van der Waals surface area contributed by atoms with Gasteiger partial charge in [-0.25, -0.2) is 13.2 Å². The molecule has 0 fully saturated rings. The van der Waals surface area contributed by atoms with Gasteiger partial charge >= 0.3 is 5.97 Å². The molecule has 9 heteroatoms. The first-order chi connectivity index (χ1) is 9.83. The number of aryl methyl sites for hydroxylation is 1. The van der Waals surface area contributed by atoms with E-state index in [-0.39, 0.29) is 21.2 Å². The van der Waals surface area contributed by atoms with Crippen LogP contribution in [-0.4, -0.2) is 29.3 Å². The first-order valence-corrected chi connectivity index (χ1v) is 7.77. The number of nitrogens with one attached hydrogen (secondary N) is 1. The highest BCUT2D eigenvalue weighted by Gasteiger charge is 2.17. The zero-order valence-corrected chi connectivity index (χ0v) is 12.5. The topological polar surface area (TPSA) is 101 Å². The highest BCUT2D eigenvalue weighted by Crippen LogP contribution is 2.23. The quantitative estimate of drug-likeness (QED) is 0.874. The zero-order valence-electron chi connectivity index (χ0n) is 10.9. The van der Waals surface area contributed by atoms with Gasteiger partial charge in [-0.3, -0.25) is 9.40 Å². The monoisotopic (exact) mass is 329 g/mol. The molecule has 0 spiro atoms. The van der Waals surface area contributed by atoms with Crippen molar-refractivity contribution in [3.05, 3.63) is 41.2 Å². The van der Waals surface area contributed by atoms with E-state index >= 15 is 0 Å². The summed E-state index contributed by atoms with van der Waals surface area (Å²) in [5.41, 5.74) is 0.0765. The van der Waals surface area contributed by atoms with Crippen molar-refractivity contribution in [3.63, 3.8) is 0 Å². The number of nitrogens with zero attached hydrogens (tertiary/aromatic N) is 2. The fourth-order valence-corrected chi connectivity index (χ4v) is 2.89. The molecule has 0 radical (unpaired) electrons. The number of carboxylic acids is 1. The van der Waals surface area contributed by atoms with E-state index in [0.717, 1.165) is 0 Å². The molecule has 1 heterocycles. The van der Waals surface area contributed by atoms with Gasteiger partial charge < -0.3 is 5.11 Å². The second-order valence-electron chi connectivity index (χ2n) is 4.14. The van der Waals surface area contributed by atoms with Crippen LogP contribution in [0.25, 0.3) is 0 Å². The molecule has 0 unspecified atom stereocenters. The minimum Gasteiger partial charge on any atom is -0.478 e. The summed E-state index contributed by atoms with van der Waals surface area (Å²) in [6, 6.07) is 3.81. The highest BCUT2D eigenvalue weighted by atomic mass is 35.5. The first-order valence-electron chi connectivity index (χ1n) is 5.91. The molecule has 0 aliphatic rings. The Hall–Kier alpha value is -2.06. The lowest BCUT2D eigenvalue weighted by Crippen LogP contribution is -2.12. The number of rotatable bonds is 5. The lowest BCUT2D eigenvalue weighted by atomic mass is 10.2. The minimum absolute atomic E-state index is 0.0165. The number of carboxylic acid groups (broad SMARTS) is 1. The number of anilines is 1. The molecule has 0 bridgehead atoms. The molecule has 2 aromatic rings. The molecule has 2 N–H and O–H groups in total. The number of halogens is 1. The summed E-state index contributed by atoms with van der Waals surface area (Å²) in [7, 11) is -3.79. The second-order valence-corrected chi connectivity index (χ2v) is 6.23. The van der Waals surface area contributed by atoms with Crippen molar-refractivity contribution in [1.29, 1.82) is 0 Å². The molecule has 0 aliphatic heterocycles. The Morgan fingerprint density at radius 2 is 2.19 bits per heavy atom. The lowest BCUT2D eigenvalue weighted by molar-refractivity contribution is 0.0697. The maximum atomic E-state index is 12.1. The molecule has 2 rings (SSSR count). The maximum Gasteiger partial charge on any atom is 0.337 e. The summed E-state index contributed by atoms with van der Waals surface area (Å²) < 4.78 is 28.1. The van der Waals surface area contributed by atoms with Crippen LogP contribution >= 0.6 is 11.6 Å². The van der Waals surface area contributed by atoms with Crippen molar-refractivity contribution in [2.45, 2.75) is 18.4 Å². The number of carbonyl (C=O) groups is 1. The Bertz CT molecular complexity index is 786. The van der Waals surface area contributed by atoms with Crippen LogP contribution in [0.4, 0.5) is 5.69 Å². The first kappa shape index (κ1) is 15.3. The molecular weight excluding hydrogens is 318 g/mol. The van der Waals surface area contributed by atoms with Gasteiger partial charge in [0.25, 0.3) is 10.0 Å². The number of aromatic nitrogens is 2. The normalized spacial score (nSPS) is 11.3. The Morgan fingerprint density at radius 3 is 2.71 bits per heavy atom. The van der Waals surface area contributed by atoms with Crippen molar-refractivity contribution in [2.24, 2.45) is 0 Å². The van der Waals surface area contributed by atoms with Crippen molar-refractivity contribution in [2.75, 3.05) is 4.72 Å². The van der Waals surface area contributed by atoms with E-state index in [1.807, 2.05) is 6.92 Å². The number of hydrogen-bond donors (Lipinski definition) is 2. The number of benzene rings is 1. The average molecular weight is 330 g/mol. The van der Waals surface area contributed by atoms with Crippen molar-refractivity contribution in [1.82, 2.24) is 9.78 Å². The van der Waals surface area contributed by atoms with Crippen molar-refractivity contribution in [3.8, 4) is 0 Å². The van der Waals surface area contributed by atoms with E-state index in [2.05, 4.69) is 9.82 Å². The Labute approximate surface area is 126 Å². The molecule has 1 aromatic carbocycles. The Balaban J connectivity index is 2.28. The number of hydrogen-bond acceptors (Lipinski definition) is 4. The van der Waals surface area contributed by atoms with Gasteiger partial charge in [0.1, 0.15) is 4.90 Å². The number of aromatic carboxylic acids is 1. The smallest absolute Gasteiger partial charge is 0.337 e. The van der Waals surface area contributed by atoms with E-state index in [1.54, 1.807) is 0 Å². The van der Waals surface area contributed by atoms with Crippen LogP contribution in [0.2, 0.25) is 5.02 Å². The van der Waals surface area contributed by atoms with Gasteiger partial charge in [0.15, 0.2) is 0 Å². The average Bonchev–Trinajstić information content (AvgIpc) is 2.87. The largest absolute Gasteiger partial charge is 0.478 e. The maximum absolute atomic E-state index is 12.1. The summed E-state index contributed by atoms with van der Waals surface area (Å²) in [5, 5.41) is 12.7. The molecule has 0 aliphatic carbocycles. The van der Waals surface area contributed by atoms with Crippen LogP contribution in [0, 0.1) is 0 Å². The van der Waals surface area contributed by atoms with E-state index in [9.17, 15) is 13.2 Å². The van der Waals surface area contributed by atoms with Crippen molar-refractivity contribution >= 4 is 33.3 Å². The van der Waals surface area contributed by atoms with Crippen LogP contribution in [0.1, 0.15) is 17.3 Å². The third-order valence-electron chi connectivity index (χ3n) is 2.70. The van der Waals surface area contributed by atoms with Crippen LogP contribution < -0.4 is 4.72 Å². The predicted molar refractivity (Wildman–Crippen MR) is 77.1 cm³/mol. The van der Waals surface area contributed by atoms with Gasteiger partial charge in [0.05, 0.1) is 22.5 Å². The molecular formula is C12H12ClN3O4S. The Kier molecular flexibility index (Phi) is 4.19. The second kappa shape index (κ2) is 5.74. The zero-order chi connectivity index (χ0) is 15.6. The van der Waals surface area contributed by atoms with Gasteiger partial charge in [0, 0.05) is 12.7 Å². The SMILES string of the molecule is CCn1cc(S(=O)(=O)Nc2ccc(C(=O)O)c(Cl)c2)cn1. The fourth-order valence-electron chi connectivity index (χ4n) is 1.62. The van der Waals surface area contributed by atoms with Crippen LogP contribution in [-0.2, 0) is 16.6 Å². The summed E-state index contributed by atoms with van der Waals surface area (Å²) in [6.07, 6.45) is 2.63. The van der Waals surface area contributed by atoms with Crippen molar-refractivity contribution < 1.29 is 18.3 Å². The summed E-state index contributed by atoms with van der Waals surface area (Å²) in [6.45, 7) is 2.38. The van der Waals surface area contributed by atoms with Crippen LogP contribution in [0.3, 0.4) is 0 Å². The van der Waals surface area contributed by atoms with Gasteiger partial charge in [-0.15, -0.1) is 0 Å². The molecule has 7 nitrogen and oxygen atoms in total. The molecule has 0 amide bonds. The lowest BCUT2D eigenvalue weighted by Gasteiger charge is -2.07. The molecule has 112 valence electrons. The van der Waals surface area contributed by atoms with E-state index < -0.39 is 16.0 Å². The summed E-state index contributed by atoms with van der Waals surface area (Å²) in [4.78, 5) is 10.9. The highest BCUT2D eigenvalue weighted by molar-refractivity contribution is 7.92. The standard InChI is InChI=1S/C12H12ClN3O4S/c1-2-16-7-9(6-14-16)21(19,20)15-8-3-4-10(12(17)18)11(13)5-8/h3-7,15H,2H2,1H3,(H,17,18). The van der Waals surface area contributed by atoms with E-state index in [0.29, 0.717) is 6.54 Å². The third kappa shape index (κ3) is 3.34. The van der Waals surface area contributed by atoms with Crippen LogP contribution in [0.5, 0.6) is 0 Å². The Morgan fingerprint density at radius 1 is 1.48 bits per heavy atom. The van der Waals surface area contributed by atoms with Gasteiger partial charge in [-0.1, -0.05) is 11.6 Å².